The predicted octanol–water partition coefficient (Wildman–Crippen LogP) is 0.665. The monoisotopic (exact) mass is 301 g/mol. The van der Waals surface area contributed by atoms with Gasteiger partial charge in [0.2, 0.25) is 10.0 Å². The van der Waals surface area contributed by atoms with Gasteiger partial charge in [-0.05, 0) is 33.6 Å². The smallest absolute Gasteiger partial charge is 0.324 e. The van der Waals surface area contributed by atoms with E-state index in [9.17, 15) is 18.3 Å². The summed E-state index contributed by atoms with van der Waals surface area (Å²) in [5.41, 5.74) is -0.472. The molecule has 0 spiro atoms. The maximum absolute atomic E-state index is 12.8. The summed E-state index contributed by atoms with van der Waals surface area (Å²) in [7, 11) is -2.19. The lowest BCUT2D eigenvalue weighted by Gasteiger charge is -2.30. The van der Waals surface area contributed by atoms with Crippen LogP contribution in [0.25, 0.3) is 0 Å². The van der Waals surface area contributed by atoms with Gasteiger partial charge in [0.15, 0.2) is 0 Å². The van der Waals surface area contributed by atoms with E-state index < -0.39 is 21.5 Å². The molecule has 1 unspecified atom stereocenters. The Bertz CT molecular complexity index is 664. The zero-order valence-corrected chi connectivity index (χ0v) is 12.9. The summed E-state index contributed by atoms with van der Waals surface area (Å²) >= 11 is 0. The molecule has 1 aromatic rings. The molecule has 1 aromatic heterocycles. The lowest BCUT2D eigenvalue weighted by atomic mass is 10.0. The topological polar surface area (TPSA) is 92.5 Å². The van der Waals surface area contributed by atoms with Crippen LogP contribution in [0.4, 0.5) is 0 Å². The summed E-state index contributed by atoms with van der Waals surface area (Å²) < 4.78 is 28.2. The first kappa shape index (κ1) is 15.0. The zero-order valence-electron chi connectivity index (χ0n) is 12.0. The Kier molecular flexibility index (Phi) is 3.42. The summed E-state index contributed by atoms with van der Waals surface area (Å²) in [5.74, 6) is -1.11. The van der Waals surface area contributed by atoms with Crippen LogP contribution in [-0.4, -0.2) is 45.7 Å². The molecule has 0 saturated carbocycles. The Labute approximate surface area is 118 Å². The van der Waals surface area contributed by atoms with Gasteiger partial charge in [0.05, 0.1) is 11.4 Å². The van der Waals surface area contributed by atoms with Gasteiger partial charge >= 0.3 is 5.97 Å². The zero-order chi connectivity index (χ0) is 15.3. The van der Waals surface area contributed by atoms with Crippen LogP contribution in [-0.2, 0) is 21.9 Å². The first-order chi connectivity index (χ1) is 9.12. The Hall–Kier alpha value is -1.41. The second-order valence-electron chi connectivity index (χ2n) is 5.38. The third-order valence-corrected chi connectivity index (χ3v) is 6.30. The van der Waals surface area contributed by atoms with E-state index in [0.29, 0.717) is 24.2 Å². The van der Waals surface area contributed by atoms with Gasteiger partial charge in [-0.2, -0.15) is 9.40 Å². The second kappa shape index (κ2) is 4.56. The molecule has 0 radical (unpaired) electrons. The maximum atomic E-state index is 12.8. The number of carboxylic acids is 1. The molecule has 2 rings (SSSR count). The average Bonchev–Trinajstić information content (AvgIpc) is 2.83. The standard InChI is InChI=1S/C12H19N3O4S/c1-8-10(9(2)14(4)13-8)20(18,19)15-7-5-6-12(15,3)11(16)17/h5-7H2,1-4H3,(H,16,17). The van der Waals surface area contributed by atoms with Crippen molar-refractivity contribution in [2.45, 2.75) is 44.0 Å². The first-order valence-electron chi connectivity index (χ1n) is 6.39. The fourth-order valence-corrected chi connectivity index (χ4v) is 4.98. The molecule has 8 heteroatoms. The summed E-state index contributed by atoms with van der Waals surface area (Å²) in [4.78, 5) is 11.6. The Morgan fingerprint density at radius 1 is 1.40 bits per heavy atom. The predicted molar refractivity (Wildman–Crippen MR) is 71.8 cm³/mol. The number of aromatic nitrogens is 2. The normalized spacial score (nSPS) is 24.2. The number of aliphatic carboxylic acids is 1. The number of aryl methyl sites for hydroxylation is 2. The number of carboxylic acid groups (broad SMARTS) is 1. The highest BCUT2D eigenvalue weighted by molar-refractivity contribution is 7.89. The highest BCUT2D eigenvalue weighted by atomic mass is 32.2. The summed E-state index contributed by atoms with van der Waals surface area (Å²) in [5, 5.41) is 13.5. The second-order valence-corrected chi connectivity index (χ2v) is 7.18. The molecule has 1 N–H and O–H groups in total. The number of carbonyl (C=O) groups is 1. The van der Waals surface area contributed by atoms with Gasteiger partial charge in [-0.25, -0.2) is 8.42 Å². The molecule has 1 saturated heterocycles. The van der Waals surface area contributed by atoms with Crippen molar-refractivity contribution in [2.24, 2.45) is 7.05 Å². The highest BCUT2D eigenvalue weighted by Crippen LogP contribution is 2.36. The van der Waals surface area contributed by atoms with E-state index in [1.54, 1.807) is 20.9 Å². The minimum absolute atomic E-state index is 0.120. The van der Waals surface area contributed by atoms with Crippen LogP contribution in [0.5, 0.6) is 0 Å². The number of nitrogens with zero attached hydrogens (tertiary/aromatic N) is 3. The van der Waals surface area contributed by atoms with Crippen molar-refractivity contribution in [3.05, 3.63) is 11.4 Å². The molecule has 1 aliphatic rings. The van der Waals surface area contributed by atoms with E-state index in [1.807, 2.05) is 0 Å². The molecular weight excluding hydrogens is 282 g/mol. The quantitative estimate of drug-likeness (QED) is 0.885. The summed E-state index contributed by atoms with van der Waals surface area (Å²) in [6, 6.07) is 0. The van der Waals surface area contributed by atoms with Crippen LogP contribution in [0, 0.1) is 13.8 Å². The van der Waals surface area contributed by atoms with Crippen molar-refractivity contribution in [2.75, 3.05) is 6.54 Å². The molecule has 7 nitrogen and oxygen atoms in total. The van der Waals surface area contributed by atoms with E-state index in [2.05, 4.69) is 5.10 Å². The number of sulfonamides is 1. The summed E-state index contributed by atoms with van der Waals surface area (Å²) in [6.45, 7) is 4.97. The van der Waals surface area contributed by atoms with E-state index in [0.717, 1.165) is 4.31 Å². The van der Waals surface area contributed by atoms with Crippen LogP contribution in [0.15, 0.2) is 4.90 Å². The third-order valence-electron chi connectivity index (χ3n) is 4.03. The summed E-state index contributed by atoms with van der Waals surface area (Å²) in [6.07, 6.45) is 0.861. The van der Waals surface area contributed by atoms with E-state index in [-0.39, 0.29) is 11.4 Å². The van der Waals surface area contributed by atoms with Crippen molar-refractivity contribution in [1.29, 1.82) is 0 Å². The molecular formula is C12H19N3O4S. The van der Waals surface area contributed by atoms with Crippen LogP contribution < -0.4 is 0 Å². The van der Waals surface area contributed by atoms with Crippen molar-refractivity contribution >= 4 is 16.0 Å². The first-order valence-corrected chi connectivity index (χ1v) is 7.83. The Morgan fingerprint density at radius 2 is 2.00 bits per heavy atom. The van der Waals surface area contributed by atoms with Gasteiger partial charge in [-0.15, -0.1) is 0 Å². The third kappa shape index (κ3) is 1.94. The van der Waals surface area contributed by atoms with Crippen LogP contribution in [0.1, 0.15) is 31.2 Å². The van der Waals surface area contributed by atoms with Gasteiger partial charge in [0.25, 0.3) is 0 Å². The van der Waals surface area contributed by atoms with Gasteiger partial charge in [-0.1, -0.05) is 0 Å². The molecule has 0 amide bonds. The Morgan fingerprint density at radius 3 is 2.45 bits per heavy atom. The number of rotatable bonds is 3. The van der Waals surface area contributed by atoms with Crippen molar-refractivity contribution in [3.8, 4) is 0 Å². The molecule has 1 fully saturated rings. The molecule has 20 heavy (non-hydrogen) atoms. The van der Waals surface area contributed by atoms with E-state index in [4.69, 9.17) is 0 Å². The van der Waals surface area contributed by atoms with Crippen molar-refractivity contribution in [1.82, 2.24) is 14.1 Å². The van der Waals surface area contributed by atoms with Gasteiger partial charge in [0, 0.05) is 13.6 Å². The molecule has 1 aliphatic heterocycles. The maximum Gasteiger partial charge on any atom is 0.324 e. The number of hydrogen-bond acceptors (Lipinski definition) is 4. The van der Waals surface area contributed by atoms with Gasteiger partial charge in [0.1, 0.15) is 10.4 Å². The largest absolute Gasteiger partial charge is 0.480 e. The van der Waals surface area contributed by atoms with Crippen molar-refractivity contribution < 1.29 is 18.3 Å². The van der Waals surface area contributed by atoms with Crippen LogP contribution in [0.2, 0.25) is 0 Å². The fraction of sp³-hybridized carbons (Fsp3) is 0.667. The lowest BCUT2D eigenvalue weighted by Crippen LogP contribution is -2.50. The molecule has 1 atom stereocenters. The molecule has 112 valence electrons. The van der Waals surface area contributed by atoms with Crippen LogP contribution in [0.3, 0.4) is 0 Å². The van der Waals surface area contributed by atoms with E-state index >= 15 is 0 Å². The highest BCUT2D eigenvalue weighted by Gasteiger charge is 2.50. The van der Waals surface area contributed by atoms with E-state index in [1.165, 1.54) is 11.6 Å². The molecule has 2 heterocycles. The fourth-order valence-electron chi connectivity index (χ4n) is 2.78. The van der Waals surface area contributed by atoms with Crippen LogP contribution >= 0.6 is 0 Å². The minimum Gasteiger partial charge on any atom is -0.480 e. The minimum atomic E-state index is -3.86. The molecule has 0 aromatic carbocycles. The van der Waals surface area contributed by atoms with Gasteiger partial charge in [-0.3, -0.25) is 9.48 Å². The number of hydrogen-bond donors (Lipinski definition) is 1. The lowest BCUT2D eigenvalue weighted by molar-refractivity contribution is -0.146. The van der Waals surface area contributed by atoms with Crippen molar-refractivity contribution in [3.63, 3.8) is 0 Å². The molecule has 0 aliphatic carbocycles. The Balaban J connectivity index is 2.59. The molecule has 0 bridgehead atoms. The van der Waals surface area contributed by atoms with Gasteiger partial charge < -0.3 is 5.11 Å². The average molecular weight is 301 g/mol. The SMILES string of the molecule is Cc1nn(C)c(C)c1S(=O)(=O)N1CCCC1(C)C(=O)O.